The van der Waals surface area contributed by atoms with Gasteiger partial charge in [-0.15, -0.1) is 0 Å². The van der Waals surface area contributed by atoms with Gasteiger partial charge < -0.3 is 0 Å². The molecule has 0 saturated carbocycles. The minimum absolute atomic E-state index is 0.399. The number of carbonyl (C=O) groups is 1. The molecule has 0 saturated heterocycles. The Hall–Kier alpha value is -1.42. The zero-order valence-electron chi connectivity index (χ0n) is 8.14. The van der Waals surface area contributed by atoms with Crippen molar-refractivity contribution in [1.29, 1.82) is 0 Å². The molecule has 0 aliphatic heterocycles. The minimum Gasteiger partial charge on any atom is -0.294 e. The summed E-state index contributed by atoms with van der Waals surface area (Å²) in [6.45, 7) is 2.00. The largest absolute Gasteiger partial charge is 0.294 e. The maximum Gasteiger partial charge on any atom is 0.185 e. The van der Waals surface area contributed by atoms with E-state index in [1.54, 1.807) is 10.8 Å². The first-order chi connectivity index (χ1) is 7.24. The summed E-state index contributed by atoms with van der Waals surface area (Å²) >= 11 is 3.37. The summed E-state index contributed by atoms with van der Waals surface area (Å²) in [7, 11) is 0. The highest BCUT2D eigenvalue weighted by Crippen LogP contribution is 2.21. The van der Waals surface area contributed by atoms with Gasteiger partial charge in [0.1, 0.15) is 4.60 Å². The lowest BCUT2D eigenvalue weighted by Gasteiger charge is -2.08. The fraction of sp³-hybridized carbons (Fsp3) is 0.0909. The molecule has 0 fully saturated rings. The number of para-hydroxylation sites is 1. The van der Waals surface area contributed by atoms with E-state index in [2.05, 4.69) is 20.9 Å². The number of hydrogen-bond acceptors (Lipinski definition) is 2. The van der Waals surface area contributed by atoms with Gasteiger partial charge in [-0.3, -0.25) is 9.36 Å². The quantitative estimate of drug-likeness (QED) is 0.782. The lowest BCUT2D eigenvalue weighted by Crippen LogP contribution is -2.02. The number of halogens is 1. The van der Waals surface area contributed by atoms with Crippen LogP contribution in [0.25, 0.3) is 5.69 Å². The average molecular weight is 265 g/mol. The molecule has 0 amide bonds. The van der Waals surface area contributed by atoms with E-state index < -0.39 is 0 Å². The Labute approximate surface area is 95.9 Å². The molecule has 0 atom stereocenters. The van der Waals surface area contributed by atoms with Crippen LogP contribution in [0.3, 0.4) is 0 Å². The number of aryl methyl sites for hydroxylation is 1. The zero-order chi connectivity index (χ0) is 10.8. The van der Waals surface area contributed by atoms with E-state index in [0.717, 1.165) is 22.1 Å². The van der Waals surface area contributed by atoms with Crippen LogP contribution in [0.4, 0.5) is 0 Å². The number of rotatable bonds is 2. The average Bonchev–Trinajstić information content (AvgIpc) is 2.60. The lowest BCUT2D eigenvalue weighted by atomic mass is 10.2. The van der Waals surface area contributed by atoms with Crippen molar-refractivity contribution in [3.63, 3.8) is 0 Å². The third-order valence-corrected chi connectivity index (χ3v) is 2.77. The molecule has 2 aromatic rings. The predicted molar refractivity (Wildman–Crippen MR) is 61.4 cm³/mol. The second kappa shape index (κ2) is 3.98. The Morgan fingerprint density at radius 2 is 2.13 bits per heavy atom. The van der Waals surface area contributed by atoms with E-state index in [0.29, 0.717) is 5.82 Å². The van der Waals surface area contributed by atoms with Crippen LogP contribution in [0, 0.1) is 6.92 Å². The fourth-order valence-electron chi connectivity index (χ4n) is 1.48. The number of carbonyl (C=O) groups excluding carboxylic acids is 1. The lowest BCUT2D eigenvalue weighted by molar-refractivity contribution is 0.111. The summed E-state index contributed by atoms with van der Waals surface area (Å²) in [4.78, 5) is 14.8. The summed E-state index contributed by atoms with van der Waals surface area (Å²) < 4.78 is 2.56. The van der Waals surface area contributed by atoms with Gasteiger partial charge in [-0.2, -0.15) is 0 Å². The molecule has 0 spiro atoms. The van der Waals surface area contributed by atoms with E-state index in [9.17, 15) is 4.79 Å². The van der Waals surface area contributed by atoms with Crippen molar-refractivity contribution < 1.29 is 4.79 Å². The van der Waals surface area contributed by atoms with Gasteiger partial charge in [0.15, 0.2) is 12.1 Å². The molecule has 0 bridgehead atoms. The van der Waals surface area contributed by atoms with Crippen LogP contribution >= 0.6 is 15.9 Å². The van der Waals surface area contributed by atoms with Crippen molar-refractivity contribution in [2.45, 2.75) is 6.92 Å². The molecule has 4 heteroatoms. The van der Waals surface area contributed by atoms with Gasteiger partial charge in [0.25, 0.3) is 0 Å². The highest BCUT2D eigenvalue weighted by Gasteiger charge is 2.10. The predicted octanol–water partition coefficient (Wildman–Crippen LogP) is 2.76. The van der Waals surface area contributed by atoms with Gasteiger partial charge in [0.2, 0.25) is 0 Å². The van der Waals surface area contributed by atoms with Crippen molar-refractivity contribution in [1.82, 2.24) is 9.55 Å². The van der Waals surface area contributed by atoms with Gasteiger partial charge in [0.05, 0.1) is 11.9 Å². The van der Waals surface area contributed by atoms with Gasteiger partial charge in [0, 0.05) is 0 Å². The first kappa shape index (κ1) is 10.1. The van der Waals surface area contributed by atoms with Crippen LogP contribution in [0.1, 0.15) is 16.2 Å². The minimum atomic E-state index is 0.399. The molecular formula is C11H9BrN2O. The van der Waals surface area contributed by atoms with Crippen LogP contribution in [0.2, 0.25) is 0 Å². The highest BCUT2D eigenvalue weighted by molar-refractivity contribution is 9.10. The molecule has 2 rings (SSSR count). The summed E-state index contributed by atoms with van der Waals surface area (Å²) in [5.74, 6) is 0.399. The van der Waals surface area contributed by atoms with Crippen molar-refractivity contribution >= 4 is 22.2 Å². The zero-order valence-corrected chi connectivity index (χ0v) is 9.73. The Morgan fingerprint density at radius 1 is 1.40 bits per heavy atom. The number of aromatic nitrogens is 2. The second-order valence-electron chi connectivity index (χ2n) is 3.18. The maximum absolute atomic E-state index is 10.8. The third-order valence-electron chi connectivity index (χ3n) is 2.21. The Morgan fingerprint density at radius 3 is 2.80 bits per heavy atom. The Kier molecular flexibility index (Phi) is 2.68. The molecule has 0 aliphatic carbocycles. The van der Waals surface area contributed by atoms with Crippen molar-refractivity contribution in [3.05, 3.63) is 46.5 Å². The molecule has 1 aromatic carbocycles. The van der Waals surface area contributed by atoms with Crippen LogP contribution in [-0.4, -0.2) is 15.8 Å². The molecule has 76 valence electrons. The topological polar surface area (TPSA) is 34.9 Å². The Balaban J connectivity index is 2.68. The normalized spacial score (nSPS) is 10.3. The fourth-order valence-corrected chi connectivity index (χ4v) is 1.96. The first-order valence-corrected chi connectivity index (χ1v) is 5.28. The monoisotopic (exact) mass is 264 g/mol. The van der Waals surface area contributed by atoms with Crippen molar-refractivity contribution in [3.8, 4) is 5.69 Å². The molecule has 15 heavy (non-hydrogen) atoms. The van der Waals surface area contributed by atoms with Crippen LogP contribution < -0.4 is 0 Å². The standard InChI is InChI=1S/C11H9BrN2O/c1-8-4-2-3-5-9(8)14-10(12)6-13-11(14)7-15/h2-7H,1H3. The van der Waals surface area contributed by atoms with E-state index >= 15 is 0 Å². The molecule has 0 radical (unpaired) electrons. The van der Waals surface area contributed by atoms with Gasteiger partial charge in [-0.25, -0.2) is 4.98 Å². The number of hydrogen-bond donors (Lipinski definition) is 0. The first-order valence-electron chi connectivity index (χ1n) is 4.48. The summed E-state index contributed by atoms with van der Waals surface area (Å²) in [6, 6.07) is 7.85. The molecule has 0 N–H and O–H groups in total. The molecular weight excluding hydrogens is 256 g/mol. The van der Waals surface area contributed by atoms with Gasteiger partial charge in [-0.05, 0) is 34.5 Å². The Bertz CT molecular complexity index is 505. The molecule has 0 aliphatic rings. The van der Waals surface area contributed by atoms with Crippen LogP contribution in [-0.2, 0) is 0 Å². The number of nitrogens with zero attached hydrogens (tertiary/aromatic N) is 2. The van der Waals surface area contributed by atoms with Gasteiger partial charge >= 0.3 is 0 Å². The summed E-state index contributed by atoms with van der Waals surface area (Å²) in [6.07, 6.45) is 2.37. The van der Waals surface area contributed by atoms with E-state index in [1.807, 2.05) is 31.2 Å². The maximum atomic E-state index is 10.8. The van der Waals surface area contributed by atoms with E-state index in [1.165, 1.54) is 0 Å². The van der Waals surface area contributed by atoms with Crippen molar-refractivity contribution in [2.75, 3.05) is 0 Å². The smallest absolute Gasteiger partial charge is 0.185 e. The van der Waals surface area contributed by atoms with Crippen LogP contribution in [0.15, 0.2) is 35.1 Å². The van der Waals surface area contributed by atoms with E-state index in [-0.39, 0.29) is 0 Å². The third kappa shape index (κ3) is 1.72. The SMILES string of the molecule is Cc1ccccc1-n1c(Br)cnc1C=O. The number of benzene rings is 1. The van der Waals surface area contributed by atoms with Gasteiger partial charge in [-0.1, -0.05) is 18.2 Å². The van der Waals surface area contributed by atoms with Crippen molar-refractivity contribution in [2.24, 2.45) is 0 Å². The summed E-state index contributed by atoms with van der Waals surface area (Å²) in [5.41, 5.74) is 2.06. The number of imidazole rings is 1. The molecule has 1 aromatic heterocycles. The highest BCUT2D eigenvalue weighted by atomic mass is 79.9. The van der Waals surface area contributed by atoms with Crippen LogP contribution in [0.5, 0.6) is 0 Å². The molecule has 0 unspecified atom stereocenters. The molecule has 1 heterocycles. The number of aldehydes is 1. The summed E-state index contributed by atoms with van der Waals surface area (Å²) in [5, 5.41) is 0. The molecule has 3 nitrogen and oxygen atoms in total. The van der Waals surface area contributed by atoms with E-state index in [4.69, 9.17) is 0 Å². The second-order valence-corrected chi connectivity index (χ2v) is 3.99.